The topological polar surface area (TPSA) is 68.2 Å². The maximum Gasteiger partial charge on any atom is 0.338 e. The Kier molecular flexibility index (Phi) is 4.78. The standard InChI is InChI=1S/C21H20N4O2/c1-2-27-21(26)15-6-8-17(9-7-15)25-12-10-18-16(14-25)13-23-20(24-18)19-5-3-4-11-22-19/h3-9,11,13H,2,10,12,14H2,1H3. The van der Waals surface area contributed by atoms with Crippen LogP contribution in [0.4, 0.5) is 5.69 Å². The quantitative estimate of drug-likeness (QED) is 0.665. The molecule has 27 heavy (non-hydrogen) atoms. The molecule has 1 aliphatic rings. The van der Waals surface area contributed by atoms with E-state index < -0.39 is 0 Å². The molecule has 3 aromatic rings. The molecule has 6 heteroatoms. The van der Waals surface area contributed by atoms with Crippen LogP contribution in [0.2, 0.25) is 0 Å². The Morgan fingerprint density at radius 2 is 2.00 bits per heavy atom. The first-order valence-corrected chi connectivity index (χ1v) is 9.03. The highest BCUT2D eigenvalue weighted by atomic mass is 16.5. The van der Waals surface area contributed by atoms with Crippen molar-refractivity contribution in [3.63, 3.8) is 0 Å². The Labute approximate surface area is 157 Å². The first kappa shape index (κ1) is 17.1. The molecular formula is C21H20N4O2. The second kappa shape index (κ2) is 7.53. The van der Waals surface area contributed by atoms with E-state index in [0.717, 1.165) is 42.1 Å². The van der Waals surface area contributed by atoms with Gasteiger partial charge < -0.3 is 9.64 Å². The summed E-state index contributed by atoms with van der Waals surface area (Å²) in [5, 5.41) is 0. The van der Waals surface area contributed by atoms with Crippen molar-refractivity contribution in [1.82, 2.24) is 15.0 Å². The van der Waals surface area contributed by atoms with Crippen molar-refractivity contribution in [1.29, 1.82) is 0 Å². The molecule has 4 rings (SSSR count). The number of aromatic nitrogens is 3. The van der Waals surface area contributed by atoms with Crippen LogP contribution in [0.3, 0.4) is 0 Å². The van der Waals surface area contributed by atoms with Crippen molar-refractivity contribution in [2.75, 3.05) is 18.1 Å². The molecule has 0 N–H and O–H groups in total. The summed E-state index contributed by atoms with van der Waals surface area (Å²) in [6.07, 6.45) is 4.49. The molecule has 0 fully saturated rings. The number of ether oxygens (including phenoxy) is 1. The molecule has 2 aromatic heterocycles. The van der Waals surface area contributed by atoms with E-state index in [0.29, 0.717) is 18.0 Å². The SMILES string of the molecule is CCOC(=O)c1ccc(N2CCc3nc(-c4ccccn4)ncc3C2)cc1. The maximum atomic E-state index is 11.8. The molecule has 0 radical (unpaired) electrons. The van der Waals surface area contributed by atoms with Gasteiger partial charge in [0.2, 0.25) is 0 Å². The molecule has 3 heterocycles. The van der Waals surface area contributed by atoms with E-state index in [1.165, 1.54) is 0 Å². The molecule has 0 unspecified atom stereocenters. The molecule has 0 saturated heterocycles. The first-order valence-electron chi connectivity index (χ1n) is 9.03. The average Bonchev–Trinajstić information content (AvgIpc) is 2.74. The van der Waals surface area contributed by atoms with E-state index in [9.17, 15) is 4.79 Å². The summed E-state index contributed by atoms with van der Waals surface area (Å²) in [4.78, 5) is 27.6. The van der Waals surface area contributed by atoms with Gasteiger partial charge in [0.15, 0.2) is 5.82 Å². The van der Waals surface area contributed by atoms with Crippen LogP contribution in [0, 0.1) is 0 Å². The van der Waals surface area contributed by atoms with Crippen molar-refractivity contribution in [3.05, 3.63) is 71.7 Å². The Bertz CT molecular complexity index is 942. The minimum atomic E-state index is -0.288. The van der Waals surface area contributed by atoms with E-state index in [-0.39, 0.29) is 5.97 Å². The van der Waals surface area contributed by atoms with Crippen LogP contribution < -0.4 is 4.90 Å². The van der Waals surface area contributed by atoms with Crippen molar-refractivity contribution < 1.29 is 9.53 Å². The lowest BCUT2D eigenvalue weighted by atomic mass is 10.1. The van der Waals surface area contributed by atoms with Crippen molar-refractivity contribution >= 4 is 11.7 Å². The smallest absolute Gasteiger partial charge is 0.338 e. The lowest BCUT2D eigenvalue weighted by Gasteiger charge is -2.30. The molecule has 0 saturated carbocycles. The normalized spacial score (nSPS) is 13.1. The monoisotopic (exact) mass is 360 g/mol. The fourth-order valence-corrected chi connectivity index (χ4v) is 3.18. The van der Waals surface area contributed by atoms with Crippen molar-refractivity contribution in [2.24, 2.45) is 0 Å². The fourth-order valence-electron chi connectivity index (χ4n) is 3.18. The highest BCUT2D eigenvalue weighted by Crippen LogP contribution is 2.25. The number of esters is 1. The third kappa shape index (κ3) is 3.65. The minimum Gasteiger partial charge on any atom is -0.462 e. The van der Waals surface area contributed by atoms with Crippen LogP contribution in [-0.2, 0) is 17.7 Å². The predicted molar refractivity (Wildman–Crippen MR) is 102 cm³/mol. The average molecular weight is 360 g/mol. The van der Waals surface area contributed by atoms with Crippen LogP contribution in [0.15, 0.2) is 54.9 Å². The van der Waals surface area contributed by atoms with E-state index in [2.05, 4.69) is 14.9 Å². The van der Waals surface area contributed by atoms with Gasteiger partial charge >= 0.3 is 5.97 Å². The Balaban J connectivity index is 1.51. The lowest BCUT2D eigenvalue weighted by molar-refractivity contribution is 0.0526. The molecule has 0 amide bonds. The first-order chi connectivity index (χ1) is 13.2. The van der Waals surface area contributed by atoms with Gasteiger partial charge in [-0.15, -0.1) is 0 Å². The number of pyridine rings is 1. The maximum absolute atomic E-state index is 11.8. The van der Waals surface area contributed by atoms with Gasteiger partial charge in [-0.2, -0.15) is 0 Å². The molecule has 0 aliphatic carbocycles. The van der Waals surface area contributed by atoms with Gasteiger partial charge in [-0.05, 0) is 43.3 Å². The third-order valence-corrected chi connectivity index (χ3v) is 4.57. The van der Waals surface area contributed by atoms with Gasteiger partial charge in [-0.3, -0.25) is 4.98 Å². The number of benzene rings is 1. The molecule has 136 valence electrons. The summed E-state index contributed by atoms with van der Waals surface area (Å²) in [6, 6.07) is 13.3. The zero-order valence-electron chi connectivity index (χ0n) is 15.1. The summed E-state index contributed by atoms with van der Waals surface area (Å²) < 4.78 is 5.03. The van der Waals surface area contributed by atoms with Gasteiger partial charge in [-0.1, -0.05) is 6.07 Å². The highest BCUT2D eigenvalue weighted by Gasteiger charge is 2.19. The number of carbonyl (C=O) groups is 1. The number of hydrogen-bond acceptors (Lipinski definition) is 6. The molecule has 0 atom stereocenters. The van der Waals surface area contributed by atoms with Gasteiger partial charge in [0.05, 0.1) is 17.9 Å². The minimum absolute atomic E-state index is 0.288. The van der Waals surface area contributed by atoms with Gasteiger partial charge in [0.25, 0.3) is 0 Å². The number of nitrogens with zero attached hydrogens (tertiary/aromatic N) is 4. The van der Waals surface area contributed by atoms with E-state index >= 15 is 0 Å². The molecule has 1 aromatic carbocycles. The largest absolute Gasteiger partial charge is 0.462 e. The fraction of sp³-hybridized carbons (Fsp3) is 0.238. The van der Waals surface area contributed by atoms with Crippen LogP contribution in [0.25, 0.3) is 11.5 Å². The molecular weight excluding hydrogens is 340 g/mol. The Hall–Kier alpha value is -3.28. The summed E-state index contributed by atoms with van der Waals surface area (Å²) in [5.74, 6) is 0.380. The summed E-state index contributed by atoms with van der Waals surface area (Å²) in [6.45, 7) is 3.80. The predicted octanol–water partition coefficient (Wildman–Crippen LogP) is 3.28. The second-order valence-corrected chi connectivity index (χ2v) is 6.32. The van der Waals surface area contributed by atoms with Crippen LogP contribution >= 0.6 is 0 Å². The molecule has 0 spiro atoms. The summed E-state index contributed by atoms with van der Waals surface area (Å²) in [7, 11) is 0. The summed E-state index contributed by atoms with van der Waals surface area (Å²) in [5.41, 5.74) is 4.63. The number of anilines is 1. The van der Waals surface area contributed by atoms with Crippen LogP contribution in [0.1, 0.15) is 28.5 Å². The van der Waals surface area contributed by atoms with Crippen LogP contribution in [-0.4, -0.2) is 34.1 Å². The number of rotatable bonds is 4. The van der Waals surface area contributed by atoms with Crippen LogP contribution in [0.5, 0.6) is 0 Å². The third-order valence-electron chi connectivity index (χ3n) is 4.57. The van der Waals surface area contributed by atoms with Crippen molar-refractivity contribution in [3.8, 4) is 11.5 Å². The molecule has 6 nitrogen and oxygen atoms in total. The molecule has 1 aliphatic heterocycles. The van der Waals surface area contributed by atoms with E-state index in [4.69, 9.17) is 9.72 Å². The van der Waals surface area contributed by atoms with Gasteiger partial charge in [0.1, 0.15) is 5.69 Å². The second-order valence-electron chi connectivity index (χ2n) is 6.32. The van der Waals surface area contributed by atoms with Gasteiger partial charge in [0, 0.05) is 43.2 Å². The zero-order chi connectivity index (χ0) is 18.6. The number of carbonyl (C=O) groups excluding carboxylic acids is 1. The van der Waals surface area contributed by atoms with Gasteiger partial charge in [-0.25, -0.2) is 14.8 Å². The highest BCUT2D eigenvalue weighted by molar-refractivity contribution is 5.89. The van der Waals surface area contributed by atoms with E-state index in [1.807, 2.05) is 48.7 Å². The van der Waals surface area contributed by atoms with E-state index in [1.54, 1.807) is 13.1 Å². The summed E-state index contributed by atoms with van der Waals surface area (Å²) >= 11 is 0. The number of fused-ring (bicyclic) bond motifs is 1. The lowest BCUT2D eigenvalue weighted by Crippen LogP contribution is -2.31. The molecule has 0 bridgehead atoms. The Morgan fingerprint density at radius 3 is 2.74 bits per heavy atom. The number of hydrogen-bond donors (Lipinski definition) is 0. The Morgan fingerprint density at radius 1 is 1.15 bits per heavy atom. The van der Waals surface area contributed by atoms with Crippen molar-refractivity contribution in [2.45, 2.75) is 19.9 Å². The zero-order valence-corrected chi connectivity index (χ0v) is 15.1.